The number of benzene rings is 1. The first-order chi connectivity index (χ1) is 20.7. The Morgan fingerprint density at radius 2 is 2.02 bits per heavy atom. The van der Waals surface area contributed by atoms with E-state index in [2.05, 4.69) is 16.8 Å². The van der Waals surface area contributed by atoms with E-state index in [0.717, 1.165) is 18.4 Å². The van der Waals surface area contributed by atoms with Crippen LogP contribution in [-0.4, -0.2) is 61.4 Å². The molecule has 4 N–H and O–H groups in total. The molecule has 2 heterocycles. The number of methoxy groups -OCH3 is 1. The van der Waals surface area contributed by atoms with Crippen molar-refractivity contribution in [2.24, 2.45) is 11.5 Å². The highest BCUT2D eigenvalue weighted by Crippen LogP contribution is 2.35. The summed E-state index contributed by atoms with van der Waals surface area (Å²) in [5.41, 5.74) is 13.9. The number of esters is 1. The van der Waals surface area contributed by atoms with Crippen LogP contribution in [0.5, 0.6) is 5.75 Å². The maximum Gasteiger partial charge on any atom is 0.410 e. The fourth-order valence-electron chi connectivity index (χ4n) is 4.20. The second-order valence-corrected chi connectivity index (χ2v) is 12.6. The lowest BCUT2D eigenvalue weighted by molar-refractivity contribution is 0.0320. The number of aromatic nitrogens is 1. The molecule has 238 valence electrons. The van der Waals surface area contributed by atoms with E-state index in [9.17, 15) is 14.0 Å². The molecule has 1 amide bonds. The van der Waals surface area contributed by atoms with Crippen LogP contribution in [0.3, 0.4) is 0 Å². The minimum Gasteiger partial charge on any atom is -0.491 e. The second-order valence-electron chi connectivity index (χ2n) is 11.1. The van der Waals surface area contributed by atoms with Crippen LogP contribution < -0.4 is 21.1 Å². The number of aryl methyl sites for hydroxylation is 1. The van der Waals surface area contributed by atoms with E-state index in [0.29, 0.717) is 46.4 Å². The predicted octanol–water partition coefficient (Wildman–Crippen LogP) is 5.50. The number of thiazole rings is 1. The van der Waals surface area contributed by atoms with Gasteiger partial charge in [-0.3, -0.25) is 0 Å². The first kappa shape index (κ1) is 34.5. The molecule has 0 aliphatic carbocycles. The van der Waals surface area contributed by atoms with Gasteiger partial charge in [0.15, 0.2) is 22.4 Å². The Balaban J connectivity index is 1.63. The fourth-order valence-corrected chi connectivity index (χ4v) is 5.45. The number of ether oxygens (including phenoxy) is 3. The zero-order valence-electron chi connectivity index (χ0n) is 25.9. The summed E-state index contributed by atoms with van der Waals surface area (Å²) in [5.74, 6) is 5.16. The monoisotopic (exact) mass is 647 g/mol. The number of halogens is 2. The Morgan fingerprint density at radius 3 is 2.66 bits per heavy atom. The topological polar surface area (TPSA) is 133 Å². The van der Waals surface area contributed by atoms with Crippen LogP contribution in [0.2, 0.25) is 0 Å². The zero-order valence-corrected chi connectivity index (χ0v) is 27.5. The van der Waals surface area contributed by atoms with Crippen molar-refractivity contribution in [2.75, 3.05) is 38.8 Å². The zero-order chi connectivity index (χ0) is 32.6. The molecule has 0 unspecified atom stereocenters. The van der Waals surface area contributed by atoms with Crippen LogP contribution in [0, 0.1) is 17.7 Å². The molecule has 0 saturated carbocycles. The lowest BCUT2D eigenvalue weighted by Gasteiger charge is -2.29. The van der Waals surface area contributed by atoms with E-state index in [1.54, 1.807) is 33.9 Å². The van der Waals surface area contributed by atoms with Gasteiger partial charge in [0.05, 0.1) is 20.3 Å². The quantitative estimate of drug-likeness (QED) is 0.157. The molecule has 0 atom stereocenters. The van der Waals surface area contributed by atoms with Crippen LogP contribution >= 0.6 is 22.9 Å². The van der Waals surface area contributed by atoms with Crippen molar-refractivity contribution in [1.82, 2.24) is 9.88 Å². The highest BCUT2D eigenvalue weighted by atomic mass is 35.5. The molecule has 1 aromatic heterocycles. The van der Waals surface area contributed by atoms with Crippen molar-refractivity contribution in [3.63, 3.8) is 0 Å². The van der Waals surface area contributed by atoms with Gasteiger partial charge in [-0.1, -0.05) is 23.4 Å². The van der Waals surface area contributed by atoms with Gasteiger partial charge in [0.1, 0.15) is 16.6 Å². The highest BCUT2D eigenvalue weighted by Gasteiger charge is 2.27. The van der Waals surface area contributed by atoms with E-state index in [4.69, 9.17) is 37.3 Å². The molecular formula is C31H39ClFN5O5S. The van der Waals surface area contributed by atoms with Crippen LogP contribution in [0.1, 0.15) is 67.9 Å². The minimum absolute atomic E-state index is 0.0837. The van der Waals surface area contributed by atoms with Gasteiger partial charge >= 0.3 is 12.1 Å². The van der Waals surface area contributed by atoms with Crippen molar-refractivity contribution in [3.8, 4) is 17.6 Å². The van der Waals surface area contributed by atoms with Crippen molar-refractivity contribution in [2.45, 2.75) is 59.0 Å². The number of carbonyl (C=O) groups is 2. The van der Waals surface area contributed by atoms with E-state index in [1.807, 2.05) is 11.8 Å². The third kappa shape index (κ3) is 9.27. The molecule has 0 fully saturated rings. The van der Waals surface area contributed by atoms with Gasteiger partial charge in [-0.15, -0.1) is 11.3 Å². The number of hydrogen-bond donors (Lipinski definition) is 2. The largest absolute Gasteiger partial charge is 0.491 e. The van der Waals surface area contributed by atoms with Crippen LogP contribution in [0.4, 0.5) is 14.3 Å². The van der Waals surface area contributed by atoms with Crippen molar-refractivity contribution in [3.05, 3.63) is 62.3 Å². The average molecular weight is 648 g/mol. The summed E-state index contributed by atoms with van der Waals surface area (Å²) in [4.78, 5) is 33.0. The summed E-state index contributed by atoms with van der Waals surface area (Å²) in [6.45, 7) is 8.12. The van der Waals surface area contributed by atoms with Gasteiger partial charge in [0.25, 0.3) is 0 Å². The van der Waals surface area contributed by atoms with Gasteiger partial charge in [-0.2, -0.15) is 0 Å². The lowest BCUT2D eigenvalue weighted by atomic mass is 9.99. The third-order valence-corrected chi connectivity index (χ3v) is 7.93. The molecule has 1 aromatic carbocycles. The Morgan fingerprint density at radius 1 is 1.30 bits per heavy atom. The summed E-state index contributed by atoms with van der Waals surface area (Å²) < 4.78 is 30.6. The predicted molar refractivity (Wildman–Crippen MR) is 170 cm³/mol. The summed E-state index contributed by atoms with van der Waals surface area (Å²) in [6.07, 6.45) is 2.00. The van der Waals surface area contributed by atoms with Crippen LogP contribution in [0.25, 0.3) is 0 Å². The highest BCUT2D eigenvalue weighted by molar-refractivity contribution is 7.16. The van der Waals surface area contributed by atoms with Crippen LogP contribution in [0.15, 0.2) is 40.3 Å². The number of anilines is 1. The Labute approximate surface area is 266 Å². The molecule has 1 aliphatic rings. The number of nitrogens with two attached hydrogens (primary N) is 2. The number of rotatable bonds is 9. The molecule has 3 rings (SSSR count). The first-order valence-electron chi connectivity index (χ1n) is 14.0. The maximum atomic E-state index is 14.7. The number of carbonyl (C=O) groups excluding carboxylic acids is 2. The molecular weight excluding hydrogens is 609 g/mol. The fraction of sp³-hybridized carbons (Fsp3) is 0.452. The normalized spacial score (nSPS) is 14.0. The molecule has 0 radical (unpaired) electrons. The van der Waals surface area contributed by atoms with Crippen molar-refractivity contribution in [1.29, 1.82) is 0 Å². The molecule has 13 heteroatoms. The number of hydrogen-bond acceptors (Lipinski definition) is 10. The number of allylic oxidation sites excluding steroid dienone is 2. The number of amides is 1. The molecule has 44 heavy (non-hydrogen) atoms. The Kier molecular flexibility index (Phi) is 11.9. The summed E-state index contributed by atoms with van der Waals surface area (Å²) in [5, 5.41) is 0.749. The van der Waals surface area contributed by atoms with Crippen LogP contribution in [-0.2, 0) is 15.9 Å². The smallest absolute Gasteiger partial charge is 0.410 e. The standard InChI is InChI=1S/C31H39ClFN5O5S/c1-19(26(32)34)21-11-8-16-38(27(21)35)29-36-25(28(39)41-6)24(44-29)12-9-17-42-23-14-13-20(18-22(23)33)10-7-15-37(5)30(40)43-31(2,3)4/h13-14,18H,8-9,11-12,15-17,34-35H2,1-6H3/b26-19-. The van der Waals surface area contributed by atoms with E-state index in [-0.39, 0.29) is 29.8 Å². The maximum absolute atomic E-state index is 14.7. The molecule has 0 saturated heterocycles. The Hall–Kier alpha value is -3.95. The van der Waals surface area contributed by atoms with E-state index < -0.39 is 23.5 Å². The van der Waals surface area contributed by atoms with E-state index >= 15 is 0 Å². The Bertz CT molecular complexity index is 1500. The lowest BCUT2D eigenvalue weighted by Crippen LogP contribution is -2.34. The summed E-state index contributed by atoms with van der Waals surface area (Å²) in [6, 6.07) is 4.43. The van der Waals surface area contributed by atoms with Gasteiger partial charge < -0.3 is 35.5 Å². The molecule has 10 nitrogen and oxygen atoms in total. The first-order valence-corrected chi connectivity index (χ1v) is 15.2. The summed E-state index contributed by atoms with van der Waals surface area (Å²) >= 11 is 7.36. The van der Waals surface area contributed by atoms with Crippen molar-refractivity contribution < 1.29 is 28.2 Å². The molecule has 1 aliphatic heterocycles. The summed E-state index contributed by atoms with van der Waals surface area (Å²) in [7, 11) is 2.88. The minimum atomic E-state index is -0.605. The van der Waals surface area contributed by atoms with Gasteiger partial charge in [0, 0.05) is 24.0 Å². The SMILES string of the molecule is COC(=O)c1nc(N2CCCC(/C(C)=C(\N)Cl)=C2N)sc1CCCOc1ccc(C#CCN(C)C(=O)OC(C)(C)C)cc1F. The molecule has 0 bridgehead atoms. The second kappa shape index (κ2) is 15.2. The molecule has 2 aromatic rings. The average Bonchev–Trinajstić information content (AvgIpc) is 3.38. The van der Waals surface area contributed by atoms with Gasteiger partial charge in [-0.05, 0) is 82.7 Å². The van der Waals surface area contributed by atoms with Gasteiger partial charge in [-0.25, -0.2) is 19.0 Å². The van der Waals surface area contributed by atoms with Gasteiger partial charge in [0.2, 0.25) is 0 Å². The molecule has 0 spiro atoms. The van der Waals surface area contributed by atoms with E-state index in [1.165, 1.54) is 35.5 Å². The van der Waals surface area contributed by atoms with Crippen molar-refractivity contribution >= 4 is 40.1 Å². The number of nitrogens with zero attached hydrogens (tertiary/aromatic N) is 3. The third-order valence-electron chi connectivity index (χ3n) is 6.51.